The molecule has 160 valence electrons. The van der Waals surface area contributed by atoms with E-state index in [-0.39, 0.29) is 11.8 Å². The summed E-state index contributed by atoms with van der Waals surface area (Å²) in [6.07, 6.45) is 4.60. The third-order valence-electron chi connectivity index (χ3n) is 6.66. The fourth-order valence-corrected chi connectivity index (χ4v) is 4.80. The largest absolute Gasteiger partial charge is 0.343 e. The molecule has 3 rings (SSSR count). The van der Waals surface area contributed by atoms with Gasteiger partial charge < -0.3 is 9.80 Å². The van der Waals surface area contributed by atoms with Crippen molar-refractivity contribution in [1.29, 1.82) is 0 Å². The van der Waals surface area contributed by atoms with Gasteiger partial charge in [-0.25, -0.2) is 0 Å². The Labute approximate surface area is 176 Å². The molecule has 1 aromatic rings. The molecule has 2 saturated heterocycles. The van der Waals surface area contributed by atoms with Crippen LogP contribution >= 0.6 is 0 Å². The maximum atomic E-state index is 12.8. The molecular weight excluding hydrogens is 362 g/mol. The predicted molar refractivity (Wildman–Crippen MR) is 116 cm³/mol. The van der Waals surface area contributed by atoms with Crippen LogP contribution in [0.4, 0.5) is 0 Å². The fourth-order valence-electron chi connectivity index (χ4n) is 4.80. The third kappa shape index (κ3) is 5.59. The van der Waals surface area contributed by atoms with Gasteiger partial charge >= 0.3 is 0 Å². The number of aryl methyl sites for hydroxylation is 1. The highest BCUT2D eigenvalue weighted by atomic mass is 16.2. The SMILES string of the molecule is CCN(CC)C(=O)[C@H]1CCCN([C@H]2CCC(=O)N(Cc3ccc(C)cc3)CC2)C1. The Morgan fingerprint density at radius 2 is 1.79 bits per heavy atom. The number of nitrogens with zero attached hydrogens (tertiary/aromatic N) is 3. The summed E-state index contributed by atoms with van der Waals surface area (Å²) in [7, 11) is 0. The molecule has 2 heterocycles. The van der Waals surface area contributed by atoms with Crippen LogP contribution in [-0.2, 0) is 16.1 Å². The normalized spacial score (nSPS) is 23.7. The van der Waals surface area contributed by atoms with E-state index in [0.717, 1.165) is 58.4 Å². The van der Waals surface area contributed by atoms with Crippen molar-refractivity contribution in [3.05, 3.63) is 35.4 Å². The van der Waals surface area contributed by atoms with Crippen LogP contribution in [0.1, 0.15) is 57.1 Å². The summed E-state index contributed by atoms with van der Waals surface area (Å²) >= 11 is 0. The first-order chi connectivity index (χ1) is 14.0. The van der Waals surface area contributed by atoms with Crippen LogP contribution in [0, 0.1) is 12.8 Å². The molecule has 29 heavy (non-hydrogen) atoms. The molecule has 2 amide bonds. The van der Waals surface area contributed by atoms with Crippen LogP contribution < -0.4 is 0 Å². The first-order valence-corrected chi connectivity index (χ1v) is 11.4. The van der Waals surface area contributed by atoms with Gasteiger partial charge in [0.25, 0.3) is 0 Å². The summed E-state index contributed by atoms with van der Waals surface area (Å²) < 4.78 is 0. The van der Waals surface area contributed by atoms with Crippen molar-refractivity contribution in [3.63, 3.8) is 0 Å². The minimum absolute atomic E-state index is 0.117. The van der Waals surface area contributed by atoms with E-state index >= 15 is 0 Å². The Morgan fingerprint density at radius 3 is 2.48 bits per heavy atom. The van der Waals surface area contributed by atoms with E-state index in [9.17, 15) is 9.59 Å². The number of piperidine rings is 1. The monoisotopic (exact) mass is 399 g/mol. The molecule has 5 heteroatoms. The van der Waals surface area contributed by atoms with E-state index in [4.69, 9.17) is 0 Å². The van der Waals surface area contributed by atoms with E-state index < -0.39 is 0 Å². The van der Waals surface area contributed by atoms with Gasteiger partial charge in [-0.3, -0.25) is 14.5 Å². The third-order valence-corrected chi connectivity index (χ3v) is 6.66. The second-order valence-corrected chi connectivity index (χ2v) is 8.63. The lowest BCUT2D eigenvalue weighted by Gasteiger charge is -2.38. The minimum atomic E-state index is 0.117. The van der Waals surface area contributed by atoms with E-state index in [0.29, 0.717) is 24.9 Å². The van der Waals surface area contributed by atoms with Crippen LogP contribution in [0.25, 0.3) is 0 Å². The molecule has 2 aliphatic rings. The number of carbonyl (C=O) groups is 2. The Bertz CT molecular complexity index is 684. The molecule has 1 aromatic carbocycles. The summed E-state index contributed by atoms with van der Waals surface area (Å²) in [5.74, 6) is 0.692. The molecule has 0 N–H and O–H groups in total. The highest BCUT2D eigenvalue weighted by Crippen LogP contribution is 2.26. The summed E-state index contributed by atoms with van der Waals surface area (Å²) in [5, 5.41) is 0. The van der Waals surface area contributed by atoms with Gasteiger partial charge in [0.05, 0.1) is 5.92 Å². The molecule has 5 nitrogen and oxygen atoms in total. The summed E-state index contributed by atoms with van der Waals surface area (Å²) in [6, 6.07) is 8.88. The maximum Gasteiger partial charge on any atom is 0.226 e. The quantitative estimate of drug-likeness (QED) is 0.736. The van der Waals surface area contributed by atoms with Crippen LogP contribution in [0.3, 0.4) is 0 Å². The average molecular weight is 400 g/mol. The predicted octanol–water partition coefficient (Wildman–Crippen LogP) is 3.46. The smallest absolute Gasteiger partial charge is 0.226 e. The molecule has 2 fully saturated rings. The number of hydrogen-bond acceptors (Lipinski definition) is 3. The molecular formula is C24H37N3O2. The van der Waals surface area contributed by atoms with Crippen molar-refractivity contribution in [2.24, 2.45) is 5.92 Å². The zero-order chi connectivity index (χ0) is 20.8. The summed E-state index contributed by atoms with van der Waals surface area (Å²) in [6.45, 7) is 11.2. The average Bonchev–Trinajstić information content (AvgIpc) is 2.92. The highest BCUT2D eigenvalue weighted by Gasteiger charge is 2.33. The van der Waals surface area contributed by atoms with Crippen molar-refractivity contribution in [2.75, 3.05) is 32.7 Å². The Hall–Kier alpha value is -1.88. The second-order valence-electron chi connectivity index (χ2n) is 8.63. The minimum Gasteiger partial charge on any atom is -0.343 e. The number of benzene rings is 1. The molecule has 0 bridgehead atoms. The van der Waals surface area contributed by atoms with Crippen molar-refractivity contribution in [2.45, 2.75) is 65.5 Å². The van der Waals surface area contributed by atoms with Gasteiger partial charge in [-0.1, -0.05) is 29.8 Å². The molecule has 0 unspecified atom stereocenters. The number of amides is 2. The first-order valence-electron chi connectivity index (χ1n) is 11.4. The second kappa shape index (κ2) is 10.2. The lowest BCUT2D eigenvalue weighted by atomic mass is 9.93. The van der Waals surface area contributed by atoms with Gasteiger partial charge in [0.2, 0.25) is 11.8 Å². The van der Waals surface area contributed by atoms with E-state index in [2.05, 4.69) is 49.9 Å². The Kier molecular flexibility index (Phi) is 7.70. The Balaban J connectivity index is 1.58. The van der Waals surface area contributed by atoms with Crippen molar-refractivity contribution >= 4 is 11.8 Å². The van der Waals surface area contributed by atoms with Crippen LogP contribution in [0.5, 0.6) is 0 Å². The van der Waals surface area contributed by atoms with Crippen molar-refractivity contribution in [3.8, 4) is 0 Å². The Morgan fingerprint density at radius 1 is 1.07 bits per heavy atom. The number of hydrogen-bond donors (Lipinski definition) is 0. The van der Waals surface area contributed by atoms with E-state index in [1.165, 1.54) is 11.1 Å². The molecule has 0 aromatic heterocycles. The number of likely N-dealkylation sites (tertiary alicyclic amines) is 2. The fraction of sp³-hybridized carbons (Fsp3) is 0.667. The lowest BCUT2D eigenvalue weighted by Crippen LogP contribution is -2.48. The van der Waals surface area contributed by atoms with Gasteiger partial charge in [0, 0.05) is 45.2 Å². The summed E-state index contributed by atoms with van der Waals surface area (Å²) in [4.78, 5) is 32.0. The topological polar surface area (TPSA) is 43.9 Å². The zero-order valence-corrected chi connectivity index (χ0v) is 18.4. The van der Waals surface area contributed by atoms with Gasteiger partial charge in [-0.15, -0.1) is 0 Å². The van der Waals surface area contributed by atoms with Gasteiger partial charge in [-0.05, 0) is 58.6 Å². The van der Waals surface area contributed by atoms with E-state index in [1.807, 2.05) is 9.80 Å². The molecule has 2 atom stereocenters. The highest BCUT2D eigenvalue weighted by molar-refractivity contribution is 5.79. The summed E-state index contributed by atoms with van der Waals surface area (Å²) in [5.41, 5.74) is 2.44. The molecule has 0 spiro atoms. The number of carbonyl (C=O) groups excluding carboxylic acids is 2. The molecule has 0 radical (unpaired) electrons. The first kappa shape index (κ1) is 21.8. The van der Waals surface area contributed by atoms with Gasteiger partial charge in [0.15, 0.2) is 0 Å². The van der Waals surface area contributed by atoms with Crippen LogP contribution in [0.15, 0.2) is 24.3 Å². The lowest BCUT2D eigenvalue weighted by molar-refractivity contribution is -0.137. The maximum absolute atomic E-state index is 12.8. The van der Waals surface area contributed by atoms with Crippen molar-refractivity contribution in [1.82, 2.24) is 14.7 Å². The zero-order valence-electron chi connectivity index (χ0n) is 18.4. The van der Waals surface area contributed by atoms with Crippen LogP contribution in [-0.4, -0.2) is 65.3 Å². The molecule has 2 aliphatic heterocycles. The standard InChI is InChI=1S/C24H37N3O2/c1-4-25(5-2)24(29)21-7-6-15-26(18-21)22-12-13-23(28)27(16-14-22)17-20-10-8-19(3)9-11-20/h8-11,21-22H,4-7,12-18H2,1-3H3/t21-,22-/m0/s1. The molecule has 0 aliphatic carbocycles. The van der Waals surface area contributed by atoms with E-state index in [1.54, 1.807) is 0 Å². The molecule has 0 saturated carbocycles. The number of rotatable bonds is 6. The van der Waals surface area contributed by atoms with Gasteiger partial charge in [0.1, 0.15) is 0 Å². The van der Waals surface area contributed by atoms with Crippen molar-refractivity contribution < 1.29 is 9.59 Å². The van der Waals surface area contributed by atoms with Crippen LogP contribution in [0.2, 0.25) is 0 Å². The van der Waals surface area contributed by atoms with Gasteiger partial charge in [-0.2, -0.15) is 0 Å².